The largest absolute Gasteiger partial charge is 0.484 e. The summed E-state index contributed by atoms with van der Waals surface area (Å²) in [5.74, 6) is 0.492. The third kappa shape index (κ3) is 4.90. The van der Waals surface area contributed by atoms with Gasteiger partial charge in [0, 0.05) is 19.0 Å². The standard InChI is InChI=1S/C25H30N2O3/c1-5-13-26-23(28)16-30-21-11-10-19-12-14-27(25(29)17(2)3)24(22(19)15-21)20-8-6-18(4)7-9-20/h5-11,15,17,24H,1,12-14,16H2,2-4H3,(H,26,28). The molecule has 0 radical (unpaired) electrons. The molecule has 2 aromatic carbocycles. The number of fused-ring (bicyclic) bond motifs is 1. The SMILES string of the molecule is C=CCNC(=O)COc1ccc2c(c1)C(c1ccc(C)cc1)N(C(=O)C(C)C)CC2. The van der Waals surface area contributed by atoms with Gasteiger partial charge in [0.2, 0.25) is 5.91 Å². The van der Waals surface area contributed by atoms with E-state index >= 15 is 0 Å². The van der Waals surface area contributed by atoms with E-state index in [-0.39, 0.29) is 30.4 Å². The second-order valence-corrected chi connectivity index (χ2v) is 7.99. The third-order valence-corrected chi connectivity index (χ3v) is 5.33. The molecule has 0 saturated carbocycles. The van der Waals surface area contributed by atoms with Crippen molar-refractivity contribution in [3.8, 4) is 5.75 Å². The van der Waals surface area contributed by atoms with E-state index in [0.717, 1.165) is 17.5 Å². The van der Waals surface area contributed by atoms with Crippen LogP contribution in [-0.4, -0.2) is 36.4 Å². The second kappa shape index (κ2) is 9.61. The van der Waals surface area contributed by atoms with E-state index in [1.165, 1.54) is 11.1 Å². The number of aryl methyl sites for hydroxylation is 1. The van der Waals surface area contributed by atoms with Gasteiger partial charge in [0.15, 0.2) is 6.61 Å². The Morgan fingerprint density at radius 1 is 1.23 bits per heavy atom. The molecule has 158 valence electrons. The number of carbonyl (C=O) groups is 2. The van der Waals surface area contributed by atoms with Crippen molar-refractivity contribution in [1.29, 1.82) is 0 Å². The van der Waals surface area contributed by atoms with Gasteiger partial charge < -0.3 is 15.0 Å². The Hall–Kier alpha value is -3.08. The zero-order chi connectivity index (χ0) is 21.7. The van der Waals surface area contributed by atoms with Gasteiger partial charge in [-0.25, -0.2) is 0 Å². The summed E-state index contributed by atoms with van der Waals surface area (Å²) in [6.07, 6.45) is 2.43. The number of hydrogen-bond donors (Lipinski definition) is 1. The maximum Gasteiger partial charge on any atom is 0.258 e. The van der Waals surface area contributed by atoms with Crippen molar-refractivity contribution >= 4 is 11.8 Å². The number of hydrogen-bond acceptors (Lipinski definition) is 3. The van der Waals surface area contributed by atoms with Gasteiger partial charge in [0.1, 0.15) is 5.75 Å². The first-order valence-electron chi connectivity index (χ1n) is 10.4. The lowest BCUT2D eigenvalue weighted by atomic mass is 9.87. The molecule has 0 aromatic heterocycles. The highest BCUT2D eigenvalue weighted by atomic mass is 16.5. The van der Waals surface area contributed by atoms with Gasteiger partial charge in [0.25, 0.3) is 5.91 Å². The van der Waals surface area contributed by atoms with Crippen molar-refractivity contribution in [2.45, 2.75) is 33.2 Å². The predicted molar refractivity (Wildman–Crippen MR) is 118 cm³/mol. The summed E-state index contributed by atoms with van der Waals surface area (Å²) in [5, 5.41) is 2.70. The Kier molecular flexibility index (Phi) is 6.93. The van der Waals surface area contributed by atoms with Gasteiger partial charge in [-0.3, -0.25) is 9.59 Å². The van der Waals surface area contributed by atoms with Crippen LogP contribution in [-0.2, 0) is 16.0 Å². The van der Waals surface area contributed by atoms with E-state index in [0.29, 0.717) is 18.8 Å². The molecule has 1 aliphatic rings. The molecule has 0 aliphatic carbocycles. The van der Waals surface area contributed by atoms with Crippen LogP contribution in [0.2, 0.25) is 0 Å². The molecule has 3 rings (SSSR count). The molecule has 2 amide bonds. The fourth-order valence-corrected chi connectivity index (χ4v) is 3.75. The summed E-state index contributed by atoms with van der Waals surface area (Å²) in [4.78, 5) is 26.8. The molecule has 1 heterocycles. The number of amides is 2. The number of rotatable bonds is 7. The number of carbonyl (C=O) groups excluding carboxylic acids is 2. The fraction of sp³-hybridized carbons (Fsp3) is 0.360. The number of benzene rings is 2. The average Bonchev–Trinajstić information content (AvgIpc) is 2.75. The molecular formula is C25H30N2O3. The van der Waals surface area contributed by atoms with Gasteiger partial charge in [-0.1, -0.05) is 55.8 Å². The summed E-state index contributed by atoms with van der Waals surface area (Å²) in [7, 11) is 0. The lowest BCUT2D eigenvalue weighted by Gasteiger charge is -2.39. The molecular weight excluding hydrogens is 376 g/mol. The molecule has 1 unspecified atom stereocenters. The molecule has 5 heteroatoms. The van der Waals surface area contributed by atoms with Gasteiger partial charge in [-0.2, -0.15) is 0 Å². The van der Waals surface area contributed by atoms with Crippen molar-refractivity contribution in [3.05, 3.63) is 77.4 Å². The van der Waals surface area contributed by atoms with Crippen molar-refractivity contribution in [2.75, 3.05) is 19.7 Å². The molecule has 0 fully saturated rings. The fourth-order valence-electron chi connectivity index (χ4n) is 3.75. The van der Waals surface area contributed by atoms with Crippen LogP contribution in [0.3, 0.4) is 0 Å². The molecule has 1 atom stereocenters. The van der Waals surface area contributed by atoms with Gasteiger partial charge in [-0.15, -0.1) is 6.58 Å². The minimum Gasteiger partial charge on any atom is -0.484 e. The molecule has 1 N–H and O–H groups in total. The van der Waals surface area contributed by atoms with Crippen molar-refractivity contribution in [1.82, 2.24) is 10.2 Å². The van der Waals surface area contributed by atoms with Crippen LogP contribution in [0.15, 0.2) is 55.1 Å². The van der Waals surface area contributed by atoms with E-state index in [4.69, 9.17) is 4.74 Å². The van der Waals surface area contributed by atoms with Crippen molar-refractivity contribution in [3.63, 3.8) is 0 Å². The van der Waals surface area contributed by atoms with Crippen LogP contribution in [0.5, 0.6) is 5.75 Å². The average molecular weight is 407 g/mol. The molecule has 0 bridgehead atoms. The highest BCUT2D eigenvalue weighted by molar-refractivity contribution is 5.80. The zero-order valence-corrected chi connectivity index (χ0v) is 18.0. The Morgan fingerprint density at radius 2 is 1.97 bits per heavy atom. The van der Waals surface area contributed by atoms with E-state index < -0.39 is 0 Å². The van der Waals surface area contributed by atoms with E-state index in [9.17, 15) is 9.59 Å². The molecule has 1 aliphatic heterocycles. The summed E-state index contributed by atoms with van der Waals surface area (Å²) in [5.41, 5.74) is 4.52. The summed E-state index contributed by atoms with van der Waals surface area (Å²) in [6.45, 7) is 10.6. The molecule has 30 heavy (non-hydrogen) atoms. The lowest BCUT2D eigenvalue weighted by Crippen LogP contribution is -2.42. The highest BCUT2D eigenvalue weighted by Gasteiger charge is 2.33. The number of nitrogens with zero attached hydrogens (tertiary/aromatic N) is 1. The predicted octanol–water partition coefficient (Wildman–Crippen LogP) is 3.81. The van der Waals surface area contributed by atoms with Crippen molar-refractivity contribution in [2.24, 2.45) is 5.92 Å². The molecule has 2 aromatic rings. The topological polar surface area (TPSA) is 58.6 Å². The molecule has 0 spiro atoms. The summed E-state index contributed by atoms with van der Waals surface area (Å²) in [6, 6.07) is 14.1. The Balaban J connectivity index is 1.93. The zero-order valence-electron chi connectivity index (χ0n) is 18.0. The van der Waals surface area contributed by atoms with Gasteiger partial charge in [0.05, 0.1) is 6.04 Å². The third-order valence-electron chi connectivity index (χ3n) is 5.33. The lowest BCUT2D eigenvalue weighted by molar-refractivity contribution is -0.136. The highest BCUT2D eigenvalue weighted by Crippen LogP contribution is 2.38. The van der Waals surface area contributed by atoms with E-state index in [1.54, 1.807) is 6.08 Å². The number of nitrogens with one attached hydrogen (secondary N) is 1. The van der Waals surface area contributed by atoms with E-state index in [1.807, 2.05) is 36.9 Å². The second-order valence-electron chi connectivity index (χ2n) is 7.99. The van der Waals surface area contributed by atoms with Crippen LogP contribution in [0.25, 0.3) is 0 Å². The normalized spacial score (nSPS) is 15.5. The number of ether oxygens (including phenoxy) is 1. The van der Waals surface area contributed by atoms with Crippen LogP contribution in [0.1, 0.15) is 42.1 Å². The minimum absolute atomic E-state index is 0.0591. The van der Waals surface area contributed by atoms with E-state index in [2.05, 4.69) is 43.1 Å². The monoisotopic (exact) mass is 406 g/mol. The first-order chi connectivity index (χ1) is 14.4. The summed E-state index contributed by atoms with van der Waals surface area (Å²) >= 11 is 0. The first-order valence-corrected chi connectivity index (χ1v) is 10.4. The van der Waals surface area contributed by atoms with Gasteiger partial charge >= 0.3 is 0 Å². The smallest absolute Gasteiger partial charge is 0.258 e. The van der Waals surface area contributed by atoms with Crippen LogP contribution >= 0.6 is 0 Å². The quantitative estimate of drug-likeness (QED) is 0.712. The van der Waals surface area contributed by atoms with Crippen LogP contribution < -0.4 is 10.1 Å². The van der Waals surface area contributed by atoms with Crippen LogP contribution in [0, 0.1) is 12.8 Å². The first kappa shape index (κ1) is 21.6. The van der Waals surface area contributed by atoms with Gasteiger partial charge in [-0.05, 0) is 42.2 Å². The minimum atomic E-state index is -0.195. The summed E-state index contributed by atoms with van der Waals surface area (Å²) < 4.78 is 5.73. The Bertz CT molecular complexity index is 918. The van der Waals surface area contributed by atoms with Crippen LogP contribution in [0.4, 0.5) is 0 Å². The van der Waals surface area contributed by atoms with Crippen molar-refractivity contribution < 1.29 is 14.3 Å². The molecule has 5 nitrogen and oxygen atoms in total. The Morgan fingerprint density at radius 3 is 2.63 bits per heavy atom. The Labute approximate surface area is 178 Å². The maximum atomic E-state index is 13.0. The molecule has 0 saturated heterocycles. The maximum absolute atomic E-state index is 13.0.